The molecule has 0 aromatic rings. The van der Waals surface area contributed by atoms with Gasteiger partial charge in [-0.05, 0) is 32.4 Å². The van der Waals surface area contributed by atoms with E-state index in [2.05, 4.69) is 12.2 Å². The van der Waals surface area contributed by atoms with Gasteiger partial charge in [0.1, 0.15) is 6.29 Å². The average molecular weight is 169 g/mol. The molecule has 2 nitrogen and oxygen atoms in total. The van der Waals surface area contributed by atoms with Crippen LogP contribution in [0.15, 0.2) is 0 Å². The number of rotatable bonds is 5. The Kier molecular flexibility index (Phi) is 3.73. The van der Waals surface area contributed by atoms with Gasteiger partial charge in [0.2, 0.25) is 0 Å². The molecule has 70 valence electrons. The Labute approximate surface area is 74.7 Å². The summed E-state index contributed by atoms with van der Waals surface area (Å²) in [5, 5.41) is 3.28. The van der Waals surface area contributed by atoms with Crippen molar-refractivity contribution in [2.24, 2.45) is 5.41 Å². The van der Waals surface area contributed by atoms with E-state index in [-0.39, 0.29) is 5.41 Å². The molecule has 0 aromatic heterocycles. The number of carbonyl (C=O) groups excluding carboxylic acids is 1. The Balaban J connectivity index is 2.29. The maximum Gasteiger partial charge on any atom is 0.126 e. The van der Waals surface area contributed by atoms with Gasteiger partial charge < -0.3 is 10.1 Å². The fourth-order valence-electron chi connectivity index (χ4n) is 2.02. The summed E-state index contributed by atoms with van der Waals surface area (Å²) in [4.78, 5) is 10.9. The summed E-state index contributed by atoms with van der Waals surface area (Å²) < 4.78 is 0. The van der Waals surface area contributed by atoms with E-state index in [1.165, 1.54) is 19.1 Å². The van der Waals surface area contributed by atoms with Gasteiger partial charge in [0.05, 0.1) is 0 Å². The van der Waals surface area contributed by atoms with Crippen molar-refractivity contribution >= 4 is 6.29 Å². The van der Waals surface area contributed by atoms with Crippen molar-refractivity contribution in [3.8, 4) is 0 Å². The Morgan fingerprint density at radius 2 is 2.08 bits per heavy atom. The zero-order valence-electron chi connectivity index (χ0n) is 7.94. The van der Waals surface area contributed by atoms with E-state index in [1.807, 2.05) is 0 Å². The molecule has 0 saturated heterocycles. The molecule has 0 atom stereocenters. The van der Waals surface area contributed by atoms with Crippen LogP contribution in [0.4, 0.5) is 0 Å². The average Bonchev–Trinajstić information content (AvgIpc) is 2.55. The number of nitrogens with one attached hydrogen (secondary N) is 1. The van der Waals surface area contributed by atoms with E-state index in [1.54, 1.807) is 0 Å². The number of hydrogen-bond acceptors (Lipinski definition) is 2. The lowest BCUT2D eigenvalue weighted by atomic mass is 9.84. The van der Waals surface area contributed by atoms with Crippen molar-refractivity contribution in [1.82, 2.24) is 5.32 Å². The predicted molar refractivity (Wildman–Crippen MR) is 50.1 cm³/mol. The van der Waals surface area contributed by atoms with Crippen LogP contribution in [0, 0.1) is 5.41 Å². The molecule has 2 heteroatoms. The van der Waals surface area contributed by atoms with Crippen molar-refractivity contribution in [3.63, 3.8) is 0 Å². The highest BCUT2D eigenvalue weighted by atomic mass is 16.1. The van der Waals surface area contributed by atoms with Gasteiger partial charge in [-0.3, -0.25) is 0 Å². The molecule has 0 unspecified atom stereocenters. The topological polar surface area (TPSA) is 29.1 Å². The van der Waals surface area contributed by atoms with Crippen LogP contribution in [-0.4, -0.2) is 19.4 Å². The van der Waals surface area contributed by atoms with Crippen molar-refractivity contribution < 1.29 is 4.79 Å². The molecule has 0 bridgehead atoms. The molecule has 0 heterocycles. The minimum atomic E-state index is 0.0438. The fraction of sp³-hybridized carbons (Fsp3) is 0.900. The standard InChI is InChI=1S/C10H19NO/c1-2-11-8-7-10(9-12)5-3-4-6-10/h9,11H,2-8H2,1H3. The Morgan fingerprint density at radius 1 is 1.42 bits per heavy atom. The van der Waals surface area contributed by atoms with E-state index in [0.29, 0.717) is 0 Å². The fourth-order valence-corrected chi connectivity index (χ4v) is 2.02. The molecule has 1 aliphatic carbocycles. The molecule has 0 amide bonds. The highest BCUT2D eigenvalue weighted by molar-refractivity contribution is 5.59. The van der Waals surface area contributed by atoms with Crippen molar-refractivity contribution in [2.45, 2.75) is 39.0 Å². The van der Waals surface area contributed by atoms with Crippen molar-refractivity contribution in [3.05, 3.63) is 0 Å². The monoisotopic (exact) mass is 169 g/mol. The molecule has 1 aliphatic rings. The first-order chi connectivity index (χ1) is 5.83. The zero-order valence-corrected chi connectivity index (χ0v) is 7.94. The molecule has 0 spiro atoms. The van der Waals surface area contributed by atoms with Crippen molar-refractivity contribution in [1.29, 1.82) is 0 Å². The smallest absolute Gasteiger partial charge is 0.126 e. The first-order valence-electron chi connectivity index (χ1n) is 5.00. The van der Waals surface area contributed by atoms with Gasteiger partial charge in [-0.2, -0.15) is 0 Å². The van der Waals surface area contributed by atoms with Crippen molar-refractivity contribution in [2.75, 3.05) is 13.1 Å². The normalized spacial score (nSPS) is 21.1. The SMILES string of the molecule is CCNCCC1(C=O)CCCC1. The summed E-state index contributed by atoms with van der Waals surface area (Å²) in [5.41, 5.74) is 0.0438. The third-order valence-corrected chi connectivity index (χ3v) is 2.90. The molecule has 0 aliphatic heterocycles. The maximum atomic E-state index is 10.9. The van der Waals surface area contributed by atoms with Gasteiger partial charge in [-0.25, -0.2) is 0 Å². The van der Waals surface area contributed by atoms with Gasteiger partial charge in [0.25, 0.3) is 0 Å². The highest BCUT2D eigenvalue weighted by Gasteiger charge is 2.32. The first-order valence-corrected chi connectivity index (χ1v) is 5.00. The van der Waals surface area contributed by atoms with E-state index >= 15 is 0 Å². The summed E-state index contributed by atoms with van der Waals surface area (Å²) in [7, 11) is 0. The molecule has 1 saturated carbocycles. The van der Waals surface area contributed by atoms with Crippen LogP contribution in [0.3, 0.4) is 0 Å². The highest BCUT2D eigenvalue weighted by Crippen LogP contribution is 2.38. The number of carbonyl (C=O) groups is 1. The lowest BCUT2D eigenvalue weighted by Gasteiger charge is -2.21. The first kappa shape index (κ1) is 9.72. The zero-order chi connectivity index (χ0) is 8.86. The molecule has 1 fully saturated rings. The molecule has 12 heavy (non-hydrogen) atoms. The summed E-state index contributed by atoms with van der Waals surface area (Å²) >= 11 is 0. The van der Waals surface area contributed by atoms with E-state index in [0.717, 1.165) is 32.4 Å². The Hall–Kier alpha value is -0.370. The largest absolute Gasteiger partial charge is 0.317 e. The molecule has 0 radical (unpaired) electrons. The van der Waals surface area contributed by atoms with Gasteiger partial charge >= 0.3 is 0 Å². The molecule has 1 rings (SSSR count). The van der Waals surface area contributed by atoms with Crippen LogP contribution in [0.1, 0.15) is 39.0 Å². The van der Waals surface area contributed by atoms with Gasteiger partial charge in [-0.1, -0.05) is 19.8 Å². The Morgan fingerprint density at radius 3 is 2.58 bits per heavy atom. The van der Waals surface area contributed by atoms with E-state index in [9.17, 15) is 4.79 Å². The lowest BCUT2D eigenvalue weighted by Crippen LogP contribution is -2.25. The van der Waals surface area contributed by atoms with E-state index < -0.39 is 0 Å². The second-order valence-corrected chi connectivity index (χ2v) is 3.79. The second-order valence-electron chi connectivity index (χ2n) is 3.79. The summed E-state index contributed by atoms with van der Waals surface area (Å²) in [6.07, 6.45) is 6.93. The quantitative estimate of drug-likeness (QED) is 0.502. The van der Waals surface area contributed by atoms with Crippen LogP contribution in [0.5, 0.6) is 0 Å². The lowest BCUT2D eigenvalue weighted by molar-refractivity contribution is -0.116. The van der Waals surface area contributed by atoms with E-state index in [4.69, 9.17) is 0 Å². The summed E-state index contributed by atoms with van der Waals surface area (Å²) in [6.45, 7) is 4.10. The van der Waals surface area contributed by atoms with Gasteiger partial charge in [0, 0.05) is 5.41 Å². The molecular weight excluding hydrogens is 150 g/mol. The van der Waals surface area contributed by atoms with Crippen LogP contribution in [0.25, 0.3) is 0 Å². The van der Waals surface area contributed by atoms with Gasteiger partial charge in [0.15, 0.2) is 0 Å². The minimum Gasteiger partial charge on any atom is -0.317 e. The summed E-state index contributed by atoms with van der Waals surface area (Å²) in [6, 6.07) is 0. The predicted octanol–water partition coefficient (Wildman–Crippen LogP) is 1.75. The minimum absolute atomic E-state index is 0.0438. The van der Waals surface area contributed by atoms with Crippen LogP contribution >= 0.6 is 0 Å². The molecular formula is C10H19NO. The van der Waals surface area contributed by atoms with Crippen LogP contribution < -0.4 is 5.32 Å². The summed E-state index contributed by atoms with van der Waals surface area (Å²) in [5.74, 6) is 0. The number of aldehydes is 1. The maximum absolute atomic E-state index is 10.9. The third kappa shape index (κ3) is 2.31. The Bertz CT molecular complexity index is 139. The third-order valence-electron chi connectivity index (χ3n) is 2.90. The van der Waals surface area contributed by atoms with Crippen LogP contribution in [-0.2, 0) is 4.79 Å². The molecule has 0 aromatic carbocycles. The molecule has 1 N–H and O–H groups in total. The number of hydrogen-bond donors (Lipinski definition) is 1. The second kappa shape index (κ2) is 4.61. The van der Waals surface area contributed by atoms with Gasteiger partial charge in [-0.15, -0.1) is 0 Å². The van der Waals surface area contributed by atoms with Crippen LogP contribution in [0.2, 0.25) is 0 Å².